The first-order valence-corrected chi connectivity index (χ1v) is 7.71. The molecule has 0 aliphatic carbocycles. The fourth-order valence-corrected chi connectivity index (χ4v) is 2.96. The van der Waals surface area contributed by atoms with Crippen LogP contribution in [0, 0.1) is 5.41 Å². The molecule has 1 aliphatic heterocycles. The molecule has 1 aromatic rings. The predicted molar refractivity (Wildman–Crippen MR) is 82.2 cm³/mol. The molecule has 2 rings (SSSR count). The fourth-order valence-electron chi connectivity index (χ4n) is 2.96. The highest BCUT2D eigenvalue weighted by Crippen LogP contribution is 2.33. The van der Waals surface area contributed by atoms with Gasteiger partial charge < -0.3 is 14.8 Å². The van der Waals surface area contributed by atoms with E-state index in [2.05, 4.69) is 12.2 Å². The molecule has 21 heavy (non-hydrogen) atoms. The Morgan fingerprint density at radius 2 is 2.10 bits per heavy atom. The number of hydrogen-bond donors (Lipinski definition) is 1. The first-order valence-electron chi connectivity index (χ1n) is 7.71. The van der Waals surface area contributed by atoms with Gasteiger partial charge in [0.15, 0.2) is 0 Å². The zero-order valence-corrected chi connectivity index (χ0v) is 13.0. The van der Waals surface area contributed by atoms with Crippen LogP contribution in [0.1, 0.15) is 38.2 Å². The van der Waals surface area contributed by atoms with Gasteiger partial charge in [0.05, 0.1) is 12.5 Å². The van der Waals surface area contributed by atoms with E-state index in [1.165, 1.54) is 0 Å². The summed E-state index contributed by atoms with van der Waals surface area (Å²) in [5.41, 5.74) is 0.652. The number of benzene rings is 1. The van der Waals surface area contributed by atoms with Gasteiger partial charge in [-0.2, -0.15) is 0 Å². The molecule has 1 saturated heterocycles. The molecule has 0 amide bonds. The lowest BCUT2D eigenvalue weighted by molar-refractivity contribution is -0.159. The highest BCUT2D eigenvalue weighted by atomic mass is 16.5. The van der Waals surface area contributed by atoms with Crippen molar-refractivity contribution in [3.63, 3.8) is 0 Å². The Kier molecular flexibility index (Phi) is 5.62. The van der Waals surface area contributed by atoms with Crippen molar-refractivity contribution in [3.8, 4) is 5.75 Å². The lowest BCUT2D eigenvalue weighted by Crippen LogP contribution is -2.46. The molecule has 0 aromatic heterocycles. The molecular formula is C17H25NO3. The fraction of sp³-hybridized carbons (Fsp3) is 0.588. The number of ether oxygens (including phenoxy) is 2. The standard InChI is InChI=1S/C17H25NO3/c1-3-9-17(10-4-11-18-13-17)16(19)21-12-14-5-7-15(20-2)8-6-14/h5-8,18H,3-4,9-13H2,1-2H3. The molecular weight excluding hydrogens is 266 g/mol. The van der Waals surface area contributed by atoms with Gasteiger partial charge in [-0.1, -0.05) is 25.5 Å². The van der Waals surface area contributed by atoms with Crippen molar-refractivity contribution in [2.75, 3.05) is 20.2 Å². The second kappa shape index (κ2) is 7.46. The maximum Gasteiger partial charge on any atom is 0.313 e. The van der Waals surface area contributed by atoms with Crippen molar-refractivity contribution in [1.82, 2.24) is 5.32 Å². The van der Waals surface area contributed by atoms with Gasteiger partial charge in [-0.3, -0.25) is 4.79 Å². The van der Waals surface area contributed by atoms with Crippen LogP contribution in [0.25, 0.3) is 0 Å². The third kappa shape index (κ3) is 3.97. The Balaban J connectivity index is 1.94. The summed E-state index contributed by atoms with van der Waals surface area (Å²) in [6.45, 7) is 4.18. The summed E-state index contributed by atoms with van der Waals surface area (Å²) in [5.74, 6) is 0.747. The highest BCUT2D eigenvalue weighted by Gasteiger charge is 2.40. The van der Waals surface area contributed by atoms with Gasteiger partial charge in [0.25, 0.3) is 0 Å². The quantitative estimate of drug-likeness (QED) is 0.819. The van der Waals surface area contributed by atoms with Gasteiger partial charge >= 0.3 is 5.97 Å². The molecule has 0 spiro atoms. The van der Waals surface area contributed by atoms with Gasteiger partial charge in [-0.05, 0) is 43.5 Å². The maximum atomic E-state index is 12.5. The number of hydrogen-bond acceptors (Lipinski definition) is 4. The van der Waals surface area contributed by atoms with Crippen molar-refractivity contribution in [2.45, 2.75) is 39.2 Å². The summed E-state index contributed by atoms with van der Waals surface area (Å²) in [7, 11) is 1.64. The molecule has 1 N–H and O–H groups in total. The third-order valence-corrected chi connectivity index (χ3v) is 4.16. The van der Waals surface area contributed by atoms with Crippen molar-refractivity contribution < 1.29 is 14.3 Å². The van der Waals surface area contributed by atoms with E-state index in [0.29, 0.717) is 6.61 Å². The first-order chi connectivity index (χ1) is 10.2. The van der Waals surface area contributed by atoms with E-state index in [9.17, 15) is 4.79 Å². The molecule has 0 bridgehead atoms. The van der Waals surface area contributed by atoms with Gasteiger partial charge in [-0.25, -0.2) is 0 Å². The molecule has 1 fully saturated rings. The van der Waals surface area contributed by atoms with E-state index in [-0.39, 0.29) is 11.4 Å². The number of esters is 1. The van der Waals surface area contributed by atoms with Crippen LogP contribution in [-0.2, 0) is 16.1 Å². The molecule has 116 valence electrons. The lowest BCUT2D eigenvalue weighted by Gasteiger charge is -2.35. The number of methoxy groups -OCH3 is 1. The Hall–Kier alpha value is -1.55. The maximum absolute atomic E-state index is 12.5. The summed E-state index contributed by atoms with van der Waals surface area (Å²) in [6.07, 6.45) is 3.85. The smallest absolute Gasteiger partial charge is 0.313 e. The molecule has 1 heterocycles. The number of carbonyl (C=O) groups excluding carboxylic acids is 1. The highest BCUT2D eigenvalue weighted by molar-refractivity contribution is 5.77. The molecule has 1 atom stereocenters. The minimum atomic E-state index is -0.334. The average molecular weight is 291 g/mol. The minimum Gasteiger partial charge on any atom is -0.497 e. The van der Waals surface area contributed by atoms with E-state index >= 15 is 0 Å². The largest absolute Gasteiger partial charge is 0.497 e. The van der Waals surface area contributed by atoms with E-state index in [1.54, 1.807) is 7.11 Å². The van der Waals surface area contributed by atoms with Crippen LogP contribution in [-0.4, -0.2) is 26.2 Å². The average Bonchev–Trinajstić information content (AvgIpc) is 2.54. The Morgan fingerprint density at radius 3 is 2.67 bits per heavy atom. The van der Waals surface area contributed by atoms with Crippen LogP contribution in [0.3, 0.4) is 0 Å². The van der Waals surface area contributed by atoms with Crippen molar-refractivity contribution >= 4 is 5.97 Å². The third-order valence-electron chi connectivity index (χ3n) is 4.16. The lowest BCUT2D eigenvalue weighted by atomic mass is 9.77. The van der Waals surface area contributed by atoms with Crippen LogP contribution >= 0.6 is 0 Å². The number of rotatable bonds is 6. The van der Waals surface area contributed by atoms with Gasteiger partial charge in [-0.15, -0.1) is 0 Å². The van der Waals surface area contributed by atoms with Crippen LogP contribution in [0.5, 0.6) is 5.75 Å². The van der Waals surface area contributed by atoms with Gasteiger partial charge in [0.2, 0.25) is 0 Å². The van der Waals surface area contributed by atoms with E-state index in [4.69, 9.17) is 9.47 Å². The number of carbonyl (C=O) groups is 1. The zero-order chi connectivity index (χ0) is 15.1. The van der Waals surface area contributed by atoms with E-state index < -0.39 is 0 Å². The predicted octanol–water partition coefficient (Wildman–Crippen LogP) is 2.91. The van der Waals surface area contributed by atoms with Gasteiger partial charge in [0, 0.05) is 6.54 Å². The summed E-state index contributed by atoms with van der Waals surface area (Å²) in [4.78, 5) is 12.5. The Morgan fingerprint density at radius 1 is 1.33 bits per heavy atom. The van der Waals surface area contributed by atoms with Crippen LogP contribution in [0.15, 0.2) is 24.3 Å². The summed E-state index contributed by atoms with van der Waals surface area (Å²) >= 11 is 0. The molecule has 1 aromatic carbocycles. The Labute approximate surface area is 126 Å². The Bertz CT molecular complexity index is 444. The second-order valence-corrected chi connectivity index (χ2v) is 5.73. The van der Waals surface area contributed by atoms with Crippen molar-refractivity contribution in [3.05, 3.63) is 29.8 Å². The van der Waals surface area contributed by atoms with Crippen LogP contribution < -0.4 is 10.1 Å². The van der Waals surface area contributed by atoms with Gasteiger partial charge in [0.1, 0.15) is 12.4 Å². The molecule has 4 nitrogen and oxygen atoms in total. The molecule has 4 heteroatoms. The second-order valence-electron chi connectivity index (χ2n) is 5.73. The normalized spacial score (nSPS) is 21.8. The molecule has 0 saturated carbocycles. The van der Waals surface area contributed by atoms with Crippen LogP contribution in [0.2, 0.25) is 0 Å². The number of piperidine rings is 1. The van der Waals surface area contributed by atoms with Crippen molar-refractivity contribution in [2.24, 2.45) is 5.41 Å². The molecule has 0 radical (unpaired) electrons. The molecule has 1 unspecified atom stereocenters. The monoisotopic (exact) mass is 291 g/mol. The summed E-state index contributed by atoms with van der Waals surface area (Å²) in [5, 5.41) is 3.34. The van der Waals surface area contributed by atoms with E-state index in [1.807, 2.05) is 24.3 Å². The molecule has 1 aliphatic rings. The van der Waals surface area contributed by atoms with Crippen LogP contribution in [0.4, 0.5) is 0 Å². The summed E-state index contributed by atoms with van der Waals surface area (Å²) < 4.78 is 10.7. The first kappa shape index (κ1) is 15.8. The zero-order valence-electron chi connectivity index (χ0n) is 13.0. The number of nitrogens with one attached hydrogen (secondary N) is 1. The summed E-state index contributed by atoms with van der Waals surface area (Å²) in [6, 6.07) is 7.62. The minimum absolute atomic E-state index is 0.0626. The van der Waals surface area contributed by atoms with Crippen molar-refractivity contribution in [1.29, 1.82) is 0 Å². The topological polar surface area (TPSA) is 47.6 Å². The SMILES string of the molecule is CCCC1(C(=O)OCc2ccc(OC)cc2)CCCNC1. The van der Waals surface area contributed by atoms with E-state index in [0.717, 1.165) is 50.1 Å².